The Labute approximate surface area is 127 Å². The van der Waals surface area contributed by atoms with Crippen LogP contribution in [0.4, 0.5) is 5.69 Å². The number of hydrogen-bond acceptors (Lipinski definition) is 2. The minimum atomic E-state index is -0.0758. The number of hydrogen-bond donors (Lipinski definition) is 2. The van der Waals surface area contributed by atoms with Crippen LogP contribution in [0.5, 0.6) is 0 Å². The summed E-state index contributed by atoms with van der Waals surface area (Å²) in [6.07, 6.45) is 0. The molecule has 0 aromatic heterocycles. The van der Waals surface area contributed by atoms with Crippen molar-refractivity contribution in [1.82, 2.24) is 5.32 Å². The van der Waals surface area contributed by atoms with E-state index in [0.29, 0.717) is 5.56 Å². The van der Waals surface area contributed by atoms with E-state index in [1.54, 1.807) is 0 Å². The summed E-state index contributed by atoms with van der Waals surface area (Å²) >= 11 is 3.39. The van der Waals surface area contributed by atoms with Crippen molar-refractivity contribution < 1.29 is 4.79 Å². The Bertz CT molecular complexity index is 623. The van der Waals surface area contributed by atoms with E-state index < -0.39 is 0 Å². The van der Waals surface area contributed by atoms with Crippen LogP contribution in [0.2, 0.25) is 0 Å². The van der Waals surface area contributed by atoms with E-state index in [9.17, 15) is 4.79 Å². The number of anilines is 1. The van der Waals surface area contributed by atoms with Crippen LogP contribution in [-0.2, 0) is 0 Å². The molecule has 3 nitrogen and oxygen atoms in total. The van der Waals surface area contributed by atoms with Gasteiger partial charge in [-0.05, 0) is 49.2 Å². The molecule has 3 N–H and O–H groups in total. The molecular weight excluding hydrogens is 316 g/mol. The monoisotopic (exact) mass is 332 g/mol. The average Bonchev–Trinajstić information content (AvgIpc) is 2.42. The second-order valence-corrected chi connectivity index (χ2v) is 5.74. The maximum atomic E-state index is 12.3. The molecule has 0 spiro atoms. The van der Waals surface area contributed by atoms with Crippen LogP contribution in [-0.4, -0.2) is 5.91 Å². The number of aryl methyl sites for hydroxylation is 1. The SMILES string of the molecule is Cc1ccc(Br)cc1C(=O)NC(C)c1ccc(N)cc1. The smallest absolute Gasteiger partial charge is 0.252 e. The summed E-state index contributed by atoms with van der Waals surface area (Å²) < 4.78 is 0.897. The zero-order valence-corrected chi connectivity index (χ0v) is 13.1. The third-order valence-electron chi connectivity index (χ3n) is 3.23. The van der Waals surface area contributed by atoms with Crippen molar-refractivity contribution in [3.63, 3.8) is 0 Å². The first-order valence-electron chi connectivity index (χ1n) is 6.40. The lowest BCUT2D eigenvalue weighted by molar-refractivity contribution is 0.0939. The van der Waals surface area contributed by atoms with E-state index >= 15 is 0 Å². The van der Waals surface area contributed by atoms with Gasteiger partial charge in [-0.25, -0.2) is 0 Å². The predicted molar refractivity (Wildman–Crippen MR) is 85.6 cm³/mol. The Morgan fingerprint density at radius 2 is 1.85 bits per heavy atom. The predicted octanol–water partition coefficient (Wildman–Crippen LogP) is 3.83. The number of nitrogen functional groups attached to an aromatic ring is 1. The number of carbonyl (C=O) groups excluding carboxylic acids is 1. The van der Waals surface area contributed by atoms with Crippen LogP contribution < -0.4 is 11.1 Å². The van der Waals surface area contributed by atoms with Crippen LogP contribution in [0.15, 0.2) is 46.9 Å². The molecule has 0 heterocycles. The minimum Gasteiger partial charge on any atom is -0.399 e. The Morgan fingerprint density at radius 3 is 2.50 bits per heavy atom. The zero-order chi connectivity index (χ0) is 14.7. The molecule has 2 aromatic carbocycles. The molecule has 2 aromatic rings. The molecule has 0 saturated carbocycles. The molecule has 0 fully saturated rings. The van der Waals surface area contributed by atoms with Crippen molar-refractivity contribution in [2.75, 3.05) is 5.73 Å². The van der Waals surface area contributed by atoms with E-state index in [1.165, 1.54) is 0 Å². The van der Waals surface area contributed by atoms with Gasteiger partial charge >= 0.3 is 0 Å². The molecule has 0 aliphatic heterocycles. The highest BCUT2D eigenvalue weighted by Gasteiger charge is 2.13. The molecule has 4 heteroatoms. The van der Waals surface area contributed by atoms with Crippen molar-refractivity contribution in [3.05, 3.63) is 63.6 Å². The van der Waals surface area contributed by atoms with Gasteiger partial charge in [0.15, 0.2) is 0 Å². The summed E-state index contributed by atoms with van der Waals surface area (Å²) in [6.45, 7) is 3.88. The van der Waals surface area contributed by atoms with Crippen LogP contribution in [0.1, 0.15) is 34.5 Å². The van der Waals surface area contributed by atoms with Crippen molar-refractivity contribution in [1.29, 1.82) is 0 Å². The molecule has 1 amide bonds. The molecular formula is C16H17BrN2O. The van der Waals surface area contributed by atoms with Crippen molar-refractivity contribution >= 4 is 27.5 Å². The van der Waals surface area contributed by atoms with Crippen LogP contribution in [0.3, 0.4) is 0 Å². The summed E-state index contributed by atoms with van der Waals surface area (Å²) in [6, 6.07) is 13.1. The quantitative estimate of drug-likeness (QED) is 0.839. The molecule has 0 bridgehead atoms. The standard InChI is InChI=1S/C16H17BrN2O/c1-10-3-6-13(17)9-15(10)16(20)19-11(2)12-4-7-14(18)8-5-12/h3-9,11H,18H2,1-2H3,(H,19,20). The number of amides is 1. The summed E-state index contributed by atoms with van der Waals surface area (Å²) in [5.41, 5.74) is 9.04. The minimum absolute atomic E-state index is 0.0681. The largest absolute Gasteiger partial charge is 0.399 e. The number of nitrogens with one attached hydrogen (secondary N) is 1. The van der Waals surface area contributed by atoms with Crippen molar-refractivity contribution in [2.24, 2.45) is 0 Å². The van der Waals surface area contributed by atoms with Gasteiger partial charge in [0.25, 0.3) is 5.91 Å². The van der Waals surface area contributed by atoms with Crippen molar-refractivity contribution in [2.45, 2.75) is 19.9 Å². The maximum Gasteiger partial charge on any atom is 0.252 e. The Kier molecular flexibility index (Phi) is 4.45. The highest BCUT2D eigenvalue weighted by Crippen LogP contribution is 2.18. The molecule has 0 saturated heterocycles. The summed E-state index contributed by atoms with van der Waals surface area (Å²) in [4.78, 5) is 12.3. The highest BCUT2D eigenvalue weighted by molar-refractivity contribution is 9.10. The fourth-order valence-corrected chi connectivity index (χ4v) is 2.34. The summed E-state index contributed by atoms with van der Waals surface area (Å²) in [5, 5.41) is 3.00. The fraction of sp³-hybridized carbons (Fsp3) is 0.188. The van der Waals surface area contributed by atoms with E-state index in [2.05, 4.69) is 21.2 Å². The molecule has 1 atom stereocenters. The lowest BCUT2D eigenvalue weighted by Gasteiger charge is -2.15. The molecule has 0 aliphatic carbocycles. The van der Waals surface area contributed by atoms with E-state index in [0.717, 1.165) is 21.3 Å². The second-order valence-electron chi connectivity index (χ2n) is 4.82. The maximum absolute atomic E-state index is 12.3. The van der Waals surface area contributed by atoms with Gasteiger partial charge in [-0.15, -0.1) is 0 Å². The van der Waals surface area contributed by atoms with Gasteiger partial charge in [-0.1, -0.05) is 34.1 Å². The van der Waals surface area contributed by atoms with Gasteiger partial charge in [0, 0.05) is 15.7 Å². The lowest BCUT2D eigenvalue weighted by atomic mass is 10.1. The van der Waals surface area contributed by atoms with Crippen LogP contribution in [0, 0.1) is 6.92 Å². The highest BCUT2D eigenvalue weighted by atomic mass is 79.9. The molecule has 104 valence electrons. The summed E-state index contributed by atoms with van der Waals surface area (Å²) in [7, 11) is 0. The van der Waals surface area contributed by atoms with Gasteiger partial charge in [0.05, 0.1) is 6.04 Å². The summed E-state index contributed by atoms with van der Waals surface area (Å²) in [5.74, 6) is -0.0758. The normalized spacial score (nSPS) is 11.9. The molecule has 1 unspecified atom stereocenters. The molecule has 20 heavy (non-hydrogen) atoms. The molecule has 2 rings (SSSR count). The third-order valence-corrected chi connectivity index (χ3v) is 3.72. The molecule has 0 aliphatic rings. The molecule has 0 radical (unpaired) electrons. The van der Waals surface area contributed by atoms with E-state index in [1.807, 2.05) is 56.3 Å². The Morgan fingerprint density at radius 1 is 1.20 bits per heavy atom. The average molecular weight is 333 g/mol. The van der Waals surface area contributed by atoms with Crippen LogP contribution >= 0.6 is 15.9 Å². The first-order chi connectivity index (χ1) is 9.47. The Balaban J connectivity index is 2.15. The van der Waals surface area contributed by atoms with E-state index in [4.69, 9.17) is 5.73 Å². The number of halogens is 1. The van der Waals surface area contributed by atoms with Gasteiger partial charge in [-0.3, -0.25) is 4.79 Å². The first-order valence-corrected chi connectivity index (χ1v) is 7.19. The fourth-order valence-electron chi connectivity index (χ4n) is 1.98. The topological polar surface area (TPSA) is 55.1 Å². The second kappa shape index (κ2) is 6.09. The number of carbonyl (C=O) groups is 1. The van der Waals surface area contributed by atoms with Gasteiger partial charge in [0.2, 0.25) is 0 Å². The number of rotatable bonds is 3. The van der Waals surface area contributed by atoms with Gasteiger partial charge in [0.1, 0.15) is 0 Å². The zero-order valence-electron chi connectivity index (χ0n) is 11.5. The lowest BCUT2D eigenvalue weighted by Crippen LogP contribution is -2.27. The van der Waals surface area contributed by atoms with Gasteiger partial charge < -0.3 is 11.1 Å². The number of benzene rings is 2. The first kappa shape index (κ1) is 14.6. The van der Waals surface area contributed by atoms with Crippen molar-refractivity contribution in [3.8, 4) is 0 Å². The number of nitrogens with two attached hydrogens (primary N) is 1. The van der Waals surface area contributed by atoms with Crippen LogP contribution in [0.25, 0.3) is 0 Å². The Hall–Kier alpha value is -1.81. The third kappa shape index (κ3) is 3.39. The van der Waals surface area contributed by atoms with E-state index in [-0.39, 0.29) is 11.9 Å². The van der Waals surface area contributed by atoms with Gasteiger partial charge in [-0.2, -0.15) is 0 Å².